The molecule has 5 heteroatoms. The molecule has 1 heterocycles. The van der Waals surface area contributed by atoms with Crippen molar-refractivity contribution in [2.24, 2.45) is 0 Å². The minimum absolute atomic E-state index is 0.534. The van der Waals surface area contributed by atoms with E-state index in [0.717, 1.165) is 16.3 Å². The minimum Gasteiger partial charge on any atom is -0.495 e. The Morgan fingerprint density at radius 1 is 1.42 bits per heavy atom. The number of nitrogens with zero attached hydrogens (tertiary/aromatic N) is 2. The van der Waals surface area contributed by atoms with Gasteiger partial charge in [0.1, 0.15) is 16.8 Å². The number of rotatable bonds is 4. The average molecular weight is 291 g/mol. The zero-order chi connectivity index (χ0) is 13.7. The van der Waals surface area contributed by atoms with Crippen molar-refractivity contribution < 1.29 is 4.74 Å². The van der Waals surface area contributed by atoms with Gasteiger partial charge in [0.25, 0.3) is 0 Å². The van der Waals surface area contributed by atoms with Gasteiger partial charge in [0, 0.05) is 11.9 Å². The van der Waals surface area contributed by atoms with Gasteiger partial charge in [-0.1, -0.05) is 17.7 Å². The van der Waals surface area contributed by atoms with E-state index < -0.39 is 0 Å². The largest absolute Gasteiger partial charge is 0.495 e. The smallest absolute Gasteiger partial charge is 0.136 e. The lowest BCUT2D eigenvalue weighted by Gasteiger charge is -2.06. The van der Waals surface area contributed by atoms with E-state index in [1.54, 1.807) is 37.2 Å². The van der Waals surface area contributed by atoms with Crippen LogP contribution in [0.15, 0.2) is 41.6 Å². The molecule has 0 radical (unpaired) electrons. The van der Waals surface area contributed by atoms with Crippen LogP contribution in [0.1, 0.15) is 11.1 Å². The number of methoxy groups -OCH3 is 1. The first-order chi connectivity index (χ1) is 9.24. The summed E-state index contributed by atoms with van der Waals surface area (Å²) >= 11 is 7.60. The summed E-state index contributed by atoms with van der Waals surface area (Å²) in [6.45, 7) is 0. The molecule has 19 heavy (non-hydrogen) atoms. The molecule has 96 valence electrons. The van der Waals surface area contributed by atoms with Crippen LogP contribution < -0.4 is 4.74 Å². The lowest BCUT2D eigenvalue weighted by Crippen LogP contribution is -1.90. The Bertz CT molecular complexity index is 625. The maximum absolute atomic E-state index is 8.92. The molecule has 0 saturated carbocycles. The van der Waals surface area contributed by atoms with Gasteiger partial charge in [-0.05, 0) is 29.8 Å². The number of hydrogen-bond donors (Lipinski definition) is 0. The van der Waals surface area contributed by atoms with Gasteiger partial charge in [0.15, 0.2) is 0 Å². The molecule has 0 aliphatic rings. The van der Waals surface area contributed by atoms with E-state index in [0.29, 0.717) is 16.3 Å². The molecule has 0 bridgehead atoms. The third-order valence-corrected chi connectivity index (χ3v) is 3.98. The maximum Gasteiger partial charge on any atom is 0.136 e. The van der Waals surface area contributed by atoms with Crippen LogP contribution in [-0.2, 0) is 5.75 Å². The molecule has 0 atom stereocenters. The summed E-state index contributed by atoms with van der Waals surface area (Å²) in [7, 11) is 1.56. The van der Waals surface area contributed by atoms with Crippen molar-refractivity contribution in [2.45, 2.75) is 10.8 Å². The van der Waals surface area contributed by atoms with Gasteiger partial charge in [-0.15, -0.1) is 11.8 Å². The Balaban J connectivity index is 2.13. The minimum atomic E-state index is 0.534. The number of ether oxygens (including phenoxy) is 1. The Labute approximate surface area is 121 Å². The van der Waals surface area contributed by atoms with Gasteiger partial charge in [0.05, 0.1) is 17.7 Å². The molecule has 3 nitrogen and oxygen atoms in total. The van der Waals surface area contributed by atoms with Crippen molar-refractivity contribution in [1.29, 1.82) is 5.26 Å². The van der Waals surface area contributed by atoms with E-state index >= 15 is 0 Å². The van der Waals surface area contributed by atoms with Crippen LogP contribution in [0.5, 0.6) is 5.75 Å². The first-order valence-corrected chi connectivity index (χ1v) is 6.91. The van der Waals surface area contributed by atoms with Crippen molar-refractivity contribution in [3.8, 4) is 11.8 Å². The van der Waals surface area contributed by atoms with E-state index in [-0.39, 0.29) is 0 Å². The van der Waals surface area contributed by atoms with Gasteiger partial charge in [0.2, 0.25) is 0 Å². The molecule has 0 amide bonds. The molecule has 0 unspecified atom stereocenters. The summed E-state index contributed by atoms with van der Waals surface area (Å²) < 4.78 is 5.18. The number of benzene rings is 1. The monoisotopic (exact) mass is 290 g/mol. The van der Waals surface area contributed by atoms with Crippen molar-refractivity contribution >= 4 is 23.4 Å². The van der Waals surface area contributed by atoms with Gasteiger partial charge < -0.3 is 4.74 Å². The molecule has 0 aliphatic heterocycles. The molecule has 0 aliphatic carbocycles. The van der Waals surface area contributed by atoms with Crippen molar-refractivity contribution in [1.82, 2.24) is 4.98 Å². The van der Waals surface area contributed by atoms with E-state index in [1.807, 2.05) is 18.2 Å². The second kappa shape index (κ2) is 6.46. The second-order valence-electron chi connectivity index (χ2n) is 3.73. The summed E-state index contributed by atoms with van der Waals surface area (Å²) in [5.41, 5.74) is 1.59. The van der Waals surface area contributed by atoms with Gasteiger partial charge in [-0.25, -0.2) is 4.98 Å². The van der Waals surface area contributed by atoms with Crippen LogP contribution in [0, 0.1) is 11.3 Å². The fourth-order valence-corrected chi connectivity index (χ4v) is 2.66. The normalized spacial score (nSPS) is 9.95. The third kappa shape index (κ3) is 3.40. The van der Waals surface area contributed by atoms with Gasteiger partial charge in [-0.3, -0.25) is 0 Å². The van der Waals surface area contributed by atoms with Crippen molar-refractivity contribution in [2.75, 3.05) is 7.11 Å². The first kappa shape index (κ1) is 13.7. The Morgan fingerprint density at radius 3 is 2.95 bits per heavy atom. The standard InChI is InChI=1S/C14H11ClN2OS/c1-18-13-7-10(4-5-11(13)8-16)9-19-14-12(15)3-2-6-17-14/h2-7H,9H2,1H3. The number of thioether (sulfide) groups is 1. The molecule has 0 N–H and O–H groups in total. The molecule has 0 spiro atoms. The fourth-order valence-electron chi connectivity index (χ4n) is 1.55. The molecule has 2 rings (SSSR count). The number of halogens is 1. The molecule has 1 aromatic carbocycles. The highest BCUT2D eigenvalue weighted by Crippen LogP contribution is 2.29. The highest BCUT2D eigenvalue weighted by atomic mass is 35.5. The quantitative estimate of drug-likeness (QED) is 0.801. The third-order valence-electron chi connectivity index (χ3n) is 2.49. The van der Waals surface area contributed by atoms with Crippen molar-refractivity contribution in [3.05, 3.63) is 52.7 Å². The SMILES string of the molecule is COc1cc(CSc2ncccc2Cl)ccc1C#N. The van der Waals surface area contributed by atoms with Crippen LogP contribution in [0.2, 0.25) is 5.02 Å². The van der Waals surface area contributed by atoms with Crippen LogP contribution in [0.25, 0.3) is 0 Å². The summed E-state index contributed by atoms with van der Waals surface area (Å²) in [5, 5.41) is 10.4. The summed E-state index contributed by atoms with van der Waals surface area (Å²) in [4.78, 5) is 4.22. The van der Waals surface area contributed by atoms with Crippen molar-refractivity contribution in [3.63, 3.8) is 0 Å². The topological polar surface area (TPSA) is 45.9 Å². The average Bonchev–Trinajstić information content (AvgIpc) is 2.46. The van der Waals surface area contributed by atoms with E-state index in [1.165, 1.54) is 0 Å². The summed E-state index contributed by atoms with van der Waals surface area (Å²) in [5.74, 6) is 1.31. The Morgan fingerprint density at radius 2 is 2.26 bits per heavy atom. The second-order valence-corrected chi connectivity index (χ2v) is 5.10. The van der Waals surface area contributed by atoms with Crippen LogP contribution in [-0.4, -0.2) is 12.1 Å². The fraction of sp³-hybridized carbons (Fsp3) is 0.143. The maximum atomic E-state index is 8.92. The summed E-state index contributed by atoms with van der Waals surface area (Å²) in [6, 6.07) is 11.2. The van der Waals surface area contributed by atoms with Crippen LogP contribution in [0.4, 0.5) is 0 Å². The first-order valence-electron chi connectivity index (χ1n) is 5.55. The van der Waals surface area contributed by atoms with E-state index in [2.05, 4.69) is 11.1 Å². The highest BCUT2D eigenvalue weighted by molar-refractivity contribution is 7.98. The molecule has 0 fully saturated rings. The predicted molar refractivity (Wildman–Crippen MR) is 76.5 cm³/mol. The van der Waals surface area contributed by atoms with Gasteiger partial charge >= 0.3 is 0 Å². The molecule has 2 aromatic rings. The highest BCUT2D eigenvalue weighted by Gasteiger charge is 2.06. The van der Waals surface area contributed by atoms with E-state index in [9.17, 15) is 0 Å². The number of aromatic nitrogens is 1. The Kier molecular flexibility index (Phi) is 4.67. The lowest BCUT2D eigenvalue weighted by atomic mass is 10.1. The lowest BCUT2D eigenvalue weighted by molar-refractivity contribution is 0.413. The van der Waals surface area contributed by atoms with Crippen LogP contribution >= 0.6 is 23.4 Å². The predicted octanol–water partition coefficient (Wildman–Crippen LogP) is 3.91. The number of nitriles is 1. The van der Waals surface area contributed by atoms with Gasteiger partial charge in [-0.2, -0.15) is 5.26 Å². The molecular weight excluding hydrogens is 280 g/mol. The number of pyridine rings is 1. The zero-order valence-corrected chi connectivity index (χ0v) is 11.8. The summed E-state index contributed by atoms with van der Waals surface area (Å²) in [6.07, 6.45) is 1.72. The Hall–Kier alpha value is -1.70. The molecule has 0 saturated heterocycles. The molecular formula is C14H11ClN2OS. The van der Waals surface area contributed by atoms with E-state index in [4.69, 9.17) is 21.6 Å². The van der Waals surface area contributed by atoms with Crippen LogP contribution in [0.3, 0.4) is 0 Å². The number of hydrogen-bond acceptors (Lipinski definition) is 4. The molecule has 1 aromatic heterocycles. The zero-order valence-electron chi connectivity index (χ0n) is 10.3.